The number of nitrogens with one attached hydrogen (secondary N) is 2. The summed E-state index contributed by atoms with van der Waals surface area (Å²) >= 11 is 1.93. The van der Waals surface area contributed by atoms with Gasteiger partial charge in [0.15, 0.2) is 11.6 Å². The molecule has 9 heteroatoms. The molecule has 162 valence electrons. The molecule has 0 atom stereocenters. The topological polar surface area (TPSA) is 64.6 Å². The highest BCUT2D eigenvalue weighted by Crippen LogP contribution is 2.31. The summed E-state index contributed by atoms with van der Waals surface area (Å²) in [6.45, 7) is 6.26. The molecule has 1 saturated heterocycles. The zero-order valence-electron chi connectivity index (χ0n) is 16.8. The summed E-state index contributed by atoms with van der Waals surface area (Å²) in [6.07, 6.45) is 0. The van der Waals surface area contributed by atoms with Crippen molar-refractivity contribution < 1.29 is 23.1 Å². The van der Waals surface area contributed by atoms with E-state index in [2.05, 4.69) is 10.6 Å². The second-order valence-corrected chi connectivity index (χ2v) is 9.77. The molecule has 1 aliphatic rings. The Hall–Kier alpha value is -1.85. The number of nitrogens with zero attached hydrogens (tertiary/aromatic N) is 1. The third-order valence-electron chi connectivity index (χ3n) is 4.72. The normalized spacial score (nSPS) is 15.7. The Bertz CT molecular complexity index is 973. The van der Waals surface area contributed by atoms with Gasteiger partial charge in [-0.25, -0.2) is 13.2 Å². The van der Waals surface area contributed by atoms with Gasteiger partial charge in [0.25, 0.3) is 5.91 Å². The molecule has 5 nitrogen and oxygen atoms in total. The molecule has 0 unspecified atom stereocenters. The minimum atomic E-state index is -1.27. The fourth-order valence-electron chi connectivity index (χ4n) is 3.10. The largest absolute Gasteiger partial charge is 0.385 e. The number of hydrogen-bond acceptors (Lipinski definition) is 4. The highest BCUT2D eigenvalue weighted by molar-refractivity contribution is 14.1. The van der Waals surface area contributed by atoms with Crippen LogP contribution < -0.4 is 10.6 Å². The molecule has 0 saturated carbocycles. The van der Waals surface area contributed by atoms with Gasteiger partial charge in [-0.05, 0) is 73.7 Å². The zero-order valence-corrected chi connectivity index (χ0v) is 19.0. The van der Waals surface area contributed by atoms with Crippen LogP contribution in [0.4, 0.5) is 24.5 Å². The van der Waals surface area contributed by atoms with Crippen LogP contribution in [0.5, 0.6) is 0 Å². The number of rotatable bonds is 5. The Morgan fingerprint density at radius 2 is 1.83 bits per heavy atom. The molecule has 1 fully saturated rings. The van der Waals surface area contributed by atoms with Crippen LogP contribution >= 0.6 is 22.6 Å². The van der Waals surface area contributed by atoms with Crippen molar-refractivity contribution in [3.05, 3.63) is 56.9 Å². The smallest absolute Gasteiger partial charge is 0.256 e. The van der Waals surface area contributed by atoms with Crippen molar-refractivity contribution in [3.8, 4) is 0 Å². The maximum Gasteiger partial charge on any atom is 0.256 e. The van der Waals surface area contributed by atoms with Crippen molar-refractivity contribution >= 4 is 39.9 Å². The standard InChI is InChI=1S/C21H23F3IN3O2/c1-20(2,3)26-9-21(30)10-28(11-21)19(29)13-5-6-14(22)17(24)18(13)27-16-7-4-12(25)8-15(16)23/h4-8,26-27,30H,9-11H2,1-3H3. The van der Waals surface area contributed by atoms with Crippen molar-refractivity contribution in [3.63, 3.8) is 0 Å². The fraction of sp³-hybridized carbons (Fsp3) is 0.381. The summed E-state index contributed by atoms with van der Waals surface area (Å²) in [5.41, 5.74) is -1.96. The quantitative estimate of drug-likeness (QED) is 0.509. The number of likely N-dealkylation sites (tertiary alicyclic amines) is 1. The highest BCUT2D eigenvalue weighted by atomic mass is 127. The van der Waals surface area contributed by atoms with Crippen LogP contribution in [-0.2, 0) is 0 Å². The maximum atomic E-state index is 14.5. The molecule has 1 heterocycles. The number of carbonyl (C=O) groups is 1. The molecule has 2 aromatic carbocycles. The highest BCUT2D eigenvalue weighted by Gasteiger charge is 2.44. The number of hydrogen-bond donors (Lipinski definition) is 3. The Labute approximate surface area is 186 Å². The fourth-order valence-corrected chi connectivity index (χ4v) is 3.55. The number of anilines is 2. The maximum absolute atomic E-state index is 14.5. The minimum Gasteiger partial charge on any atom is -0.385 e. The van der Waals surface area contributed by atoms with Crippen molar-refractivity contribution in [1.82, 2.24) is 10.2 Å². The molecule has 3 N–H and O–H groups in total. The molecule has 3 rings (SSSR count). The number of benzene rings is 2. The first-order valence-corrected chi connectivity index (χ1v) is 10.4. The lowest BCUT2D eigenvalue weighted by Crippen LogP contribution is -2.68. The van der Waals surface area contributed by atoms with Crippen LogP contribution in [0.1, 0.15) is 31.1 Å². The predicted molar refractivity (Wildman–Crippen MR) is 117 cm³/mol. The SMILES string of the molecule is CC(C)(C)NCC1(O)CN(C(=O)c2ccc(F)c(F)c2Nc2ccc(I)cc2F)C1. The Balaban J connectivity index is 1.81. The van der Waals surface area contributed by atoms with Crippen molar-refractivity contribution in [1.29, 1.82) is 0 Å². The number of halogens is 4. The lowest BCUT2D eigenvalue weighted by atomic mass is 9.91. The molecule has 1 aliphatic heterocycles. The lowest BCUT2D eigenvalue weighted by Gasteiger charge is -2.47. The van der Waals surface area contributed by atoms with E-state index < -0.39 is 34.6 Å². The van der Waals surface area contributed by atoms with E-state index >= 15 is 0 Å². The molecule has 30 heavy (non-hydrogen) atoms. The Morgan fingerprint density at radius 1 is 1.17 bits per heavy atom. The summed E-state index contributed by atoms with van der Waals surface area (Å²) in [6, 6.07) is 6.22. The number of aliphatic hydroxyl groups is 1. The van der Waals surface area contributed by atoms with E-state index in [9.17, 15) is 23.1 Å². The minimum absolute atomic E-state index is 0.0469. The molecule has 0 bridgehead atoms. The van der Waals surface area contributed by atoms with E-state index in [4.69, 9.17) is 0 Å². The van der Waals surface area contributed by atoms with Gasteiger partial charge in [-0.1, -0.05) is 0 Å². The van der Waals surface area contributed by atoms with Gasteiger partial charge < -0.3 is 20.6 Å². The van der Waals surface area contributed by atoms with Crippen LogP contribution in [0, 0.1) is 21.0 Å². The van der Waals surface area contributed by atoms with Gasteiger partial charge in [-0.2, -0.15) is 0 Å². The molecule has 1 amide bonds. The molecule has 0 aromatic heterocycles. The molecule has 0 radical (unpaired) electrons. The van der Waals surface area contributed by atoms with E-state index in [1.54, 1.807) is 6.07 Å². The first-order valence-electron chi connectivity index (χ1n) is 9.35. The van der Waals surface area contributed by atoms with E-state index in [1.165, 1.54) is 17.0 Å². The second kappa shape index (κ2) is 8.35. The summed E-state index contributed by atoms with van der Waals surface area (Å²) in [5, 5.41) is 16.2. The molecular formula is C21H23F3IN3O2. The van der Waals surface area contributed by atoms with Crippen molar-refractivity contribution in [2.75, 3.05) is 25.0 Å². The van der Waals surface area contributed by atoms with Gasteiger partial charge in [-0.3, -0.25) is 4.79 Å². The average molecular weight is 533 g/mol. The van der Waals surface area contributed by atoms with Gasteiger partial charge in [0.05, 0.1) is 30.0 Å². The summed E-state index contributed by atoms with van der Waals surface area (Å²) < 4.78 is 43.2. The second-order valence-electron chi connectivity index (χ2n) is 8.52. The van der Waals surface area contributed by atoms with Crippen LogP contribution in [-0.4, -0.2) is 46.7 Å². The van der Waals surface area contributed by atoms with Gasteiger partial charge in [-0.15, -0.1) is 0 Å². The van der Waals surface area contributed by atoms with E-state index in [0.29, 0.717) is 3.57 Å². The predicted octanol–water partition coefficient (Wildman–Crippen LogP) is 4.03. The van der Waals surface area contributed by atoms with Crippen LogP contribution in [0.3, 0.4) is 0 Å². The van der Waals surface area contributed by atoms with Crippen molar-refractivity contribution in [2.24, 2.45) is 0 Å². The summed E-state index contributed by atoms with van der Waals surface area (Å²) in [5.74, 6) is -3.67. The van der Waals surface area contributed by atoms with Crippen molar-refractivity contribution in [2.45, 2.75) is 31.9 Å². The first kappa shape index (κ1) is 22.8. The van der Waals surface area contributed by atoms with Crippen LogP contribution in [0.25, 0.3) is 0 Å². The number of carbonyl (C=O) groups excluding carboxylic acids is 1. The summed E-state index contributed by atoms with van der Waals surface area (Å²) in [7, 11) is 0. The lowest BCUT2D eigenvalue weighted by molar-refractivity contribution is -0.0811. The van der Waals surface area contributed by atoms with Gasteiger partial charge in [0.2, 0.25) is 0 Å². The van der Waals surface area contributed by atoms with Crippen LogP contribution in [0.2, 0.25) is 0 Å². The van der Waals surface area contributed by atoms with Crippen LogP contribution in [0.15, 0.2) is 30.3 Å². The number of amides is 1. The monoisotopic (exact) mass is 533 g/mol. The Morgan fingerprint density at radius 3 is 2.43 bits per heavy atom. The average Bonchev–Trinajstić information content (AvgIpc) is 2.62. The van der Waals surface area contributed by atoms with E-state index in [1.807, 2.05) is 43.4 Å². The summed E-state index contributed by atoms with van der Waals surface area (Å²) in [4.78, 5) is 14.2. The third-order valence-corrected chi connectivity index (χ3v) is 5.39. The molecule has 2 aromatic rings. The van der Waals surface area contributed by atoms with Gasteiger partial charge >= 0.3 is 0 Å². The van der Waals surface area contributed by atoms with E-state index in [0.717, 1.165) is 12.1 Å². The number of β-amino-alcohol motifs (C(OH)–C–C–N with tert-alkyl or cyclic N) is 1. The molecular weight excluding hydrogens is 510 g/mol. The molecule has 0 aliphatic carbocycles. The molecule has 0 spiro atoms. The Kier molecular flexibility index (Phi) is 6.35. The van der Waals surface area contributed by atoms with Gasteiger partial charge in [0.1, 0.15) is 11.4 Å². The first-order chi connectivity index (χ1) is 13.9. The van der Waals surface area contributed by atoms with Gasteiger partial charge in [0, 0.05) is 15.7 Å². The third kappa shape index (κ3) is 5.06. The zero-order chi connectivity index (χ0) is 22.3. The van der Waals surface area contributed by atoms with E-state index in [-0.39, 0.29) is 36.4 Å².